The Morgan fingerprint density at radius 3 is 2.57 bits per heavy atom. The summed E-state index contributed by atoms with van der Waals surface area (Å²) in [5.41, 5.74) is 11.3. The molecule has 1 aromatic carbocycles. The van der Waals surface area contributed by atoms with E-state index in [0.717, 1.165) is 28.8 Å². The summed E-state index contributed by atoms with van der Waals surface area (Å²) in [5.74, 6) is 0.0261. The summed E-state index contributed by atoms with van der Waals surface area (Å²) in [7, 11) is 0. The van der Waals surface area contributed by atoms with Crippen LogP contribution >= 0.6 is 0 Å². The van der Waals surface area contributed by atoms with Crippen molar-refractivity contribution in [3.05, 3.63) is 71.4 Å². The Balaban J connectivity index is 2.30. The molecule has 0 unspecified atom stereocenters. The van der Waals surface area contributed by atoms with E-state index >= 15 is 0 Å². The first-order valence-corrected chi connectivity index (χ1v) is 7.17. The van der Waals surface area contributed by atoms with Gasteiger partial charge in [-0.15, -0.1) is 0 Å². The Hall–Kier alpha value is -2.35. The van der Waals surface area contributed by atoms with Crippen molar-refractivity contribution in [1.29, 1.82) is 0 Å². The van der Waals surface area contributed by atoms with Gasteiger partial charge >= 0.3 is 0 Å². The fraction of sp³-hybridized carbons (Fsp3) is 0.211. The van der Waals surface area contributed by atoms with Crippen molar-refractivity contribution in [3.63, 3.8) is 0 Å². The molecule has 0 aliphatic heterocycles. The number of hydrogen-bond donors (Lipinski definition) is 1. The van der Waals surface area contributed by atoms with E-state index in [-0.39, 0.29) is 5.78 Å². The number of allylic oxidation sites excluding steroid dienone is 7. The maximum atomic E-state index is 12.3. The van der Waals surface area contributed by atoms with Gasteiger partial charge in [0.2, 0.25) is 0 Å². The van der Waals surface area contributed by atoms with Gasteiger partial charge in [-0.25, -0.2) is 0 Å². The predicted octanol–water partition coefficient (Wildman–Crippen LogP) is 4.46. The Bertz CT molecular complexity index is 657. The van der Waals surface area contributed by atoms with E-state index in [1.807, 2.05) is 36.4 Å². The van der Waals surface area contributed by atoms with E-state index < -0.39 is 0 Å². The van der Waals surface area contributed by atoms with Gasteiger partial charge in [0.05, 0.1) is 0 Å². The van der Waals surface area contributed by atoms with Crippen LogP contribution in [0.25, 0.3) is 5.57 Å². The van der Waals surface area contributed by atoms with Crippen molar-refractivity contribution in [2.45, 2.75) is 26.7 Å². The number of ketones is 1. The molecule has 1 aliphatic carbocycles. The molecule has 0 amide bonds. The molecular formula is C19H21NO. The van der Waals surface area contributed by atoms with Gasteiger partial charge < -0.3 is 5.73 Å². The average molecular weight is 279 g/mol. The zero-order chi connectivity index (χ0) is 15.4. The largest absolute Gasteiger partial charge is 0.399 e. The topological polar surface area (TPSA) is 43.1 Å². The van der Waals surface area contributed by atoms with E-state index in [9.17, 15) is 4.79 Å². The molecule has 0 saturated carbocycles. The van der Waals surface area contributed by atoms with Gasteiger partial charge in [0.25, 0.3) is 0 Å². The minimum absolute atomic E-state index is 0.0261. The smallest absolute Gasteiger partial charge is 0.186 e. The number of hydrogen-bond acceptors (Lipinski definition) is 2. The third kappa shape index (κ3) is 3.60. The second-order valence-electron chi connectivity index (χ2n) is 5.38. The number of anilines is 1. The van der Waals surface area contributed by atoms with Crippen molar-refractivity contribution >= 4 is 17.0 Å². The summed E-state index contributed by atoms with van der Waals surface area (Å²) in [5, 5.41) is 0. The first-order chi connectivity index (χ1) is 10.0. The second-order valence-corrected chi connectivity index (χ2v) is 5.38. The molecule has 2 rings (SSSR count). The highest BCUT2D eigenvalue weighted by atomic mass is 16.1. The van der Waals surface area contributed by atoms with Crippen molar-refractivity contribution < 1.29 is 4.79 Å². The van der Waals surface area contributed by atoms with Gasteiger partial charge in [-0.2, -0.15) is 0 Å². The quantitative estimate of drug-likeness (QED) is 0.655. The molecule has 0 bridgehead atoms. The van der Waals surface area contributed by atoms with Crippen LogP contribution in [-0.2, 0) is 4.79 Å². The Kier molecular flexibility index (Phi) is 4.59. The molecule has 0 spiro atoms. The molecule has 1 aliphatic rings. The van der Waals surface area contributed by atoms with E-state index in [1.165, 1.54) is 5.57 Å². The highest BCUT2D eigenvalue weighted by molar-refractivity contribution is 6.13. The highest BCUT2D eigenvalue weighted by Crippen LogP contribution is 2.31. The monoisotopic (exact) mass is 279 g/mol. The van der Waals surface area contributed by atoms with Crippen molar-refractivity contribution in [2.24, 2.45) is 0 Å². The van der Waals surface area contributed by atoms with Crippen LogP contribution in [0.1, 0.15) is 32.3 Å². The van der Waals surface area contributed by atoms with Crippen molar-refractivity contribution in [1.82, 2.24) is 0 Å². The van der Waals surface area contributed by atoms with E-state index in [4.69, 9.17) is 5.73 Å². The molecule has 2 heteroatoms. The SMILES string of the molecule is C=C1CC(c2ccc(N)cc2)=CC(=O)/C1=C/C=C(\C)CC. The van der Waals surface area contributed by atoms with Crippen LogP contribution in [0.5, 0.6) is 0 Å². The third-order valence-corrected chi connectivity index (χ3v) is 3.73. The summed E-state index contributed by atoms with van der Waals surface area (Å²) in [4.78, 5) is 12.3. The fourth-order valence-corrected chi connectivity index (χ4v) is 2.21. The Morgan fingerprint density at radius 2 is 2.00 bits per heavy atom. The number of carbonyl (C=O) groups is 1. The van der Waals surface area contributed by atoms with Crippen molar-refractivity contribution in [2.75, 3.05) is 5.73 Å². The minimum atomic E-state index is 0.0261. The van der Waals surface area contributed by atoms with Crippen molar-refractivity contribution in [3.8, 4) is 0 Å². The lowest BCUT2D eigenvalue weighted by Gasteiger charge is -2.17. The Morgan fingerprint density at radius 1 is 1.33 bits per heavy atom. The van der Waals surface area contributed by atoms with E-state index in [2.05, 4.69) is 20.4 Å². The second kappa shape index (κ2) is 6.40. The van der Waals surface area contributed by atoms with Gasteiger partial charge in [0.15, 0.2) is 5.78 Å². The molecule has 2 nitrogen and oxygen atoms in total. The molecule has 1 aromatic rings. The lowest BCUT2D eigenvalue weighted by molar-refractivity contribution is -0.111. The van der Waals surface area contributed by atoms with Crippen LogP contribution in [0.15, 0.2) is 65.8 Å². The summed E-state index contributed by atoms with van der Waals surface area (Å²) >= 11 is 0. The lowest BCUT2D eigenvalue weighted by atomic mass is 9.86. The van der Waals surface area contributed by atoms with E-state index in [1.54, 1.807) is 6.08 Å². The lowest BCUT2D eigenvalue weighted by Crippen LogP contribution is -2.09. The molecule has 0 saturated heterocycles. The summed E-state index contributed by atoms with van der Waals surface area (Å²) in [6, 6.07) is 7.58. The first kappa shape index (κ1) is 15.0. The van der Waals surface area contributed by atoms with Crippen LogP contribution in [-0.4, -0.2) is 5.78 Å². The number of carbonyl (C=O) groups excluding carboxylic acids is 1. The van der Waals surface area contributed by atoms with E-state index in [0.29, 0.717) is 12.0 Å². The normalized spacial score (nSPS) is 18.1. The summed E-state index contributed by atoms with van der Waals surface area (Å²) < 4.78 is 0. The van der Waals surface area contributed by atoms with Gasteiger partial charge in [-0.05, 0) is 54.7 Å². The maximum Gasteiger partial charge on any atom is 0.186 e. The molecule has 0 atom stereocenters. The molecule has 0 fully saturated rings. The zero-order valence-corrected chi connectivity index (χ0v) is 12.6. The van der Waals surface area contributed by atoms with Crippen LogP contribution in [0.4, 0.5) is 5.69 Å². The molecular weight excluding hydrogens is 258 g/mol. The zero-order valence-electron chi connectivity index (χ0n) is 12.6. The van der Waals surface area contributed by atoms with Gasteiger partial charge in [-0.1, -0.05) is 43.4 Å². The molecule has 2 N–H and O–H groups in total. The number of benzene rings is 1. The van der Waals surface area contributed by atoms with Crippen LogP contribution in [0, 0.1) is 0 Å². The fourth-order valence-electron chi connectivity index (χ4n) is 2.21. The average Bonchev–Trinajstić information content (AvgIpc) is 2.46. The maximum absolute atomic E-state index is 12.3. The number of nitrogen functional groups attached to an aromatic ring is 1. The van der Waals surface area contributed by atoms with Crippen LogP contribution in [0.3, 0.4) is 0 Å². The predicted molar refractivity (Wildman–Crippen MR) is 89.7 cm³/mol. The highest BCUT2D eigenvalue weighted by Gasteiger charge is 2.19. The van der Waals surface area contributed by atoms with Gasteiger partial charge in [0, 0.05) is 11.3 Å². The number of rotatable bonds is 3. The third-order valence-electron chi connectivity index (χ3n) is 3.73. The molecule has 0 radical (unpaired) electrons. The summed E-state index contributed by atoms with van der Waals surface area (Å²) in [6.45, 7) is 8.22. The van der Waals surface area contributed by atoms with Gasteiger partial charge in [0.1, 0.15) is 0 Å². The standard InChI is InChI=1S/C19H21NO/c1-4-13(2)5-10-18-14(3)11-16(12-19(18)21)15-6-8-17(20)9-7-15/h5-10,12H,3-4,11,20H2,1-2H3/b13-5+,18-10+. The van der Waals surface area contributed by atoms with Gasteiger partial charge in [-0.3, -0.25) is 4.79 Å². The Labute approximate surface area is 126 Å². The molecule has 0 heterocycles. The van der Waals surface area contributed by atoms with Crippen LogP contribution in [0.2, 0.25) is 0 Å². The molecule has 21 heavy (non-hydrogen) atoms. The summed E-state index contributed by atoms with van der Waals surface area (Å²) in [6.07, 6.45) is 7.28. The molecule has 108 valence electrons. The molecule has 0 aromatic heterocycles. The minimum Gasteiger partial charge on any atom is -0.399 e. The number of nitrogens with two attached hydrogens (primary N) is 1. The van der Waals surface area contributed by atoms with Crippen LogP contribution < -0.4 is 5.73 Å². The first-order valence-electron chi connectivity index (χ1n) is 7.17.